The zero-order valence-corrected chi connectivity index (χ0v) is 18.3. The third-order valence-electron chi connectivity index (χ3n) is 5.30. The van der Waals surface area contributed by atoms with Gasteiger partial charge in [0.1, 0.15) is 12.1 Å². The number of aryl methyl sites for hydroxylation is 2. The normalized spacial score (nSPS) is 15.6. The van der Waals surface area contributed by atoms with Crippen LogP contribution < -0.4 is 21.6 Å². The van der Waals surface area contributed by atoms with E-state index < -0.39 is 0 Å². The van der Waals surface area contributed by atoms with Crippen molar-refractivity contribution in [3.8, 4) is 5.75 Å². The Morgan fingerprint density at radius 2 is 2.07 bits per heavy atom. The molecule has 9 nitrogen and oxygen atoms in total. The van der Waals surface area contributed by atoms with Gasteiger partial charge in [-0.1, -0.05) is 13.3 Å². The van der Waals surface area contributed by atoms with Crippen LogP contribution in [0.5, 0.6) is 5.75 Å². The molecular weight excluding hydrogens is 380 g/mol. The fourth-order valence-corrected chi connectivity index (χ4v) is 3.62. The Labute approximate surface area is 178 Å². The van der Waals surface area contributed by atoms with Gasteiger partial charge in [0.05, 0.1) is 35.4 Å². The van der Waals surface area contributed by atoms with Crippen LogP contribution in [0.25, 0.3) is 5.70 Å². The molecular formula is C21H34N8O. The van der Waals surface area contributed by atoms with Crippen molar-refractivity contribution >= 4 is 11.6 Å². The molecule has 1 aliphatic carbocycles. The number of ether oxygens (including phenoxy) is 1. The van der Waals surface area contributed by atoms with Crippen LogP contribution in [0.4, 0.5) is 5.95 Å². The van der Waals surface area contributed by atoms with Crippen LogP contribution in [0.3, 0.4) is 0 Å². The number of hydrogen-bond donors (Lipinski definition) is 3. The molecule has 0 bridgehead atoms. The van der Waals surface area contributed by atoms with E-state index in [1.807, 2.05) is 19.1 Å². The number of nitrogens with one attached hydrogen (secondary N) is 1. The highest BCUT2D eigenvalue weighted by Crippen LogP contribution is 2.26. The van der Waals surface area contributed by atoms with Crippen molar-refractivity contribution in [2.75, 3.05) is 18.9 Å². The maximum atomic E-state index is 6.43. The van der Waals surface area contributed by atoms with Crippen molar-refractivity contribution < 1.29 is 4.74 Å². The van der Waals surface area contributed by atoms with E-state index in [0.717, 1.165) is 37.3 Å². The summed E-state index contributed by atoms with van der Waals surface area (Å²) in [6.07, 6.45) is 8.98. The fourth-order valence-electron chi connectivity index (χ4n) is 3.62. The second-order valence-corrected chi connectivity index (χ2v) is 7.81. The van der Waals surface area contributed by atoms with Gasteiger partial charge in [-0.3, -0.25) is 4.68 Å². The summed E-state index contributed by atoms with van der Waals surface area (Å²) >= 11 is 0. The minimum atomic E-state index is 0.285. The van der Waals surface area contributed by atoms with Crippen molar-refractivity contribution in [1.82, 2.24) is 24.8 Å². The van der Waals surface area contributed by atoms with E-state index in [1.165, 1.54) is 24.3 Å². The SMILES string of the molecule is CCCn1cnc(NC/C(=C(/N)c2ccc(OC3CCCCC3)c(C)n2)N(C)N)n1. The Hall–Kier alpha value is -2.81. The quantitative estimate of drug-likeness (QED) is 0.423. The fraction of sp³-hybridized carbons (Fsp3) is 0.571. The summed E-state index contributed by atoms with van der Waals surface area (Å²) in [6.45, 7) is 5.26. The largest absolute Gasteiger partial charge is 0.489 e. The van der Waals surface area contributed by atoms with Crippen LogP contribution >= 0.6 is 0 Å². The summed E-state index contributed by atoms with van der Waals surface area (Å²) in [6, 6.07) is 3.84. The number of aromatic nitrogens is 4. The maximum absolute atomic E-state index is 6.43. The smallest absolute Gasteiger partial charge is 0.242 e. The standard InChI is InChI=1S/C21H34N8O/c1-4-12-29-14-25-21(27-29)24-13-18(28(3)23)20(22)17-10-11-19(15(2)26-17)30-16-8-6-5-7-9-16/h10-11,14,16H,4-9,12-13,22-23H2,1-3H3,(H,24,27)/b20-18-. The van der Waals surface area contributed by atoms with Gasteiger partial charge in [0.15, 0.2) is 0 Å². The van der Waals surface area contributed by atoms with Crippen LogP contribution in [0.1, 0.15) is 56.8 Å². The molecule has 2 heterocycles. The first-order chi connectivity index (χ1) is 14.5. The number of nitrogens with two attached hydrogens (primary N) is 2. The lowest BCUT2D eigenvalue weighted by Crippen LogP contribution is -2.32. The van der Waals surface area contributed by atoms with Crippen molar-refractivity contribution in [1.29, 1.82) is 0 Å². The van der Waals surface area contributed by atoms with Gasteiger partial charge in [-0.2, -0.15) is 0 Å². The molecule has 0 amide bonds. The molecule has 1 fully saturated rings. The molecule has 1 saturated carbocycles. The molecule has 5 N–H and O–H groups in total. The molecule has 0 atom stereocenters. The molecule has 0 saturated heterocycles. The predicted octanol–water partition coefficient (Wildman–Crippen LogP) is 2.65. The average molecular weight is 415 g/mol. The maximum Gasteiger partial charge on any atom is 0.242 e. The Balaban J connectivity index is 1.72. The summed E-state index contributed by atoms with van der Waals surface area (Å²) < 4.78 is 7.97. The Bertz CT molecular complexity index is 854. The molecule has 0 spiro atoms. The van der Waals surface area contributed by atoms with Gasteiger partial charge in [-0.15, -0.1) is 5.10 Å². The number of hydrazine groups is 1. The first kappa shape index (κ1) is 21.9. The predicted molar refractivity (Wildman–Crippen MR) is 118 cm³/mol. The van der Waals surface area contributed by atoms with Gasteiger partial charge in [-0.25, -0.2) is 15.8 Å². The Kier molecular flexibility index (Phi) is 7.51. The molecule has 2 aromatic rings. The highest BCUT2D eigenvalue weighted by Gasteiger charge is 2.17. The zero-order valence-electron chi connectivity index (χ0n) is 18.3. The first-order valence-electron chi connectivity index (χ1n) is 10.7. The van der Waals surface area contributed by atoms with E-state index in [4.69, 9.17) is 16.3 Å². The molecule has 0 unspecified atom stereocenters. The van der Waals surface area contributed by atoms with Gasteiger partial charge in [0, 0.05) is 13.6 Å². The molecule has 9 heteroatoms. The van der Waals surface area contributed by atoms with Crippen molar-refractivity contribution in [2.24, 2.45) is 11.6 Å². The van der Waals surface area contributed by atoms with Crippen LogP contribution in [0.15, 0.2) is 24.2 Å². The van der Waals surface area contributed by atoms with Crippen LogP contribution in [0, 0.1) is 6.92 Å². The number of nitrogens with zero attached hydrogens (tertiary/aromatic N) is 5. The van der Waals surface area contributed by atoms with Crippen molar-refractivity contribution in [3.05, 3.63) is 35.5 Å². The number of pyridine rings is 1. The third kappa shape index (κ3) is 5.63. The Morgan fingerprint density at radius 1 is 1.30 bits per heavy atom. The molecule has 2 aromatic heterocycles. The molecule has 164 valence electrons. The molecule has 1 aliphatic rings. The third-order valence-corrected chi connectivity index (χ3v) is 5.30. The highest BCUT2D eigenvalue weighted by molar-refractivity contribution is 5.64. The van der Waals surface area contributed by atoms with E-state index >= 15 is 0 Å². The van der Waals surface area contributed by atoms with E-state index in [0.29, 0.717) is 29.6 Å². The molecule has 3 rings (SSSR count). The van der Waals surface area contributed by atoms with Gasteiger partial charge >= 0.3 is 0 Å². The molecule has 0 radical (unpaired) electrons. The van der Waals surface area contributed by atoms with E-state index in [2.05, 4.69) is 27.3 Å². The first-order valence-corrected chi connectivity index (χ1v) is 10.7. The van der Waals surface area contributed by atoms with Crippen molar-refractivity contribution in [2.45, 2.75) is 65.0 Å². The highest BCUT2D eigenvalue weighted by atomic mass is 16.5. The minimum absolute atomic E-state index is 0.285. The summed E-state index contributed by atoms with van der Waals surface area (Å²) in [4.78, 5) is 8.94. The second kappa shape index (κ2) is 10.3. The van der Waals surface area contributed by atoms with Gasteiger partial charge in [0.25, 0.3) is 0 Å². The molecule has 0 aromatic carbocycles. The van der Waals surface area contributed by atoms with Gasteiger partial charge < -0.3 is 20.8 Å². The van der Waals surface area contributed by atoms with Gasteiger partial charge in [-0.05, 0) is 51.2 Å². The minimum Gasteiger partial charge on any atom is -0.489 e. The van der Waals surface area contributed by atoms with Crippen LogP contribution in [-0.4, -0.2) is 44.5 Å². The van der Waals surface area contributed by atoms with Crippen molar-refractivity contribution in [3.63, 3.8) is 0 Å². The van der Waals surface area contributed by atoms with Gasteiger partial charge in [0.2, 0.25) is 5.95 Å². The molecule has 0 aliphatic heterocycles. The number of hydrogen-bond acceptors (Lipinski definition) is 8. The summed E-state index contributed by atoms with van der Waals surface area (Å²) in [5.74, 6) is 7.40. The number of rotatable bonds is 9. The van der Waals surface area contributed by atoms with Crippen LogP contribution in [-0.2, 0) is 6.54 Å². The van der Waals surface area contributed by atoms with Crippen LogP contribution in [0.2, 0.25) is 0 Å². The monoisotopic (exact) mass is 414 g/mol. The summed E-state index contributed by atoms with van der Waals surface area (Å²) in [7, 11) is 1.75. The topological polar surface area (TPSA) is 120 Å². The van der Waals surface area contributed by atoms with E-state index in [-0.39, 0.29) is 6.10 Å². The second-order valence-electron chi connectivity index (χ2n) is 7.81. The Morgan fingerprint density at radius 3 is 2.73 bits per heavy atom. The lowest BCUT2D eigenvalue weighted by atomic mass is 9.98. The summed E-state index contributed by atoms with van der Waals surface area (Å²) in [5, 5.41) is 9.06. The lowest BCUT2D eigenvalue weighted by molar-refractivity contribution is 0.153. The molecule has 30 heavy (non-hydrogen) atoms. The summed E-state index contributed by atoms with van der Waals surface area (Å²) in [5.41, 5.74) is 9.14. The number of anilines is 1. The van der Waals surface area contributed by atoms with E-state index in [9.17, 15) is 0 Å². The zero-order chi connectivity index (χ0) is 21.5. The number of likely N-dealkylation sites (N-methyl/N-ethyl adjacent to an activating group) is 1. The van der Waals surface area contributed by atoms with E-state index in [1.54, 1.807) is 18.1 Å². The average Bonchev–Trinajstić information content (AvgIpc) is 3.18. The lowest BCUT2D eigenvalue weighted by Gasteiger charge is -2.24.